The number of benzene rings is 4. The summed E-state index contributed by atoms with van der Waals surface area (Å²) >= 11 is 2.48. The van der Waals surface area contributed by atoms with Gasteiger partial charge in [-0.25, -0.2) is 0 Å². The van der Waals surface area contributed by atoms with Gasteiger partial charge in [0.15, 0.2) is 0 Å². The Hall–Kier alpha value is -4.99. The van der Waals surface area contributed by atoms with Crippen molar-refractivity contribution < 1.29 is 24.1 Å². The molecule has 0 saturated heterocycles. The van der Waals surface area contributed by atoms with Crippen LogP contribution in [-0.2, 0) is 45.0 Å². The summed E-state index contributed by atoms with van der Waals surface area (Å²) in [6, 6.07) is 41.3. The molecule has 0 spiro atoms. The Morgan fingerprint density at radius 1 is 0.660 bits per heavy atom. The summed E-state index contributed by atoms with van der Waals surface area (Å²) in [4.78, 5) is 4.73. The molecule has 5 nitrogen and oxygen atoms in total. The van der Waals surface area contributed by atoms with Gasteiger partial charge in [-0.3, -0.25) is 0 Å². The van der Waals surface area contributed by atoms with Gasteiger partial charge in [-0.15, -0.1) is 0 Å². The molecule has 4 aliphatic rings. The quantitative estimate of drug-likeness (QED) is 0.178. The van der Waals surface area contributed by atoms with Crippen molar-refractivity contribution in [2.24, 2.45) is 0 Å². The van der Waals surface area contributed by atoms with Gasteiger partial charge in [-0.05, 0) is 18.6 Å². The number of para-hydroxylation sites is 1. The van der Waals surface area contributed by atoms with Crippen LogP contribution in [0.5, 0.6) is 11.5 Å². The van der Waals surface area contributed by atoms with Gasteiger partial charge in [-0.1, -0.05) is 12.1 Å². The number of aromatic nitrogens is 4. The predicted octanol–water partition coefficient (Wildman–Crippen LogP) is 9.29. The minimum absolute atomic E-state index is 0.787. The van der Waals surface area contributed by atoms with E-state index in [2.05, 4.69) is 149 Å². The molecule has 0 saturated carbocycles. The maximum atomic E-state index is 6.59. The van der Waals surface area contributed by atoms with Crippen molar-refractivity contribution in [2.75, 3.05) is 0 Å². The van der Waals surface area contributed by atoms with Crippen LogP contribution in [0.4, 0.5) is 0 Å². The van der Waals surface area contributed by atoms with Gasteiger partial charge in [0.2, 0.25) is 0 Å². The van der Waals surface area contributed by atoms with Crippen molar-refractivity contribution in [1.82, 2.24) is 18.5 Å². The molecule has 6 heterocycles. The fourth-order valence-electron chi connectivity index (χ4n) is 7.02. The Labute approximate surface area is 283 Å². The first-order chi connectivity index (χ1) is 23.1. The first-order valence-corrected chi connectivity index (χ1v) is 17.3. The van der Waals surface area contributed by atoms with Crippen LogP contribution in [0.3, 0.4) is 0 Å². The molecule has 0 radical (unpaired) electrons. The molecular weight excluding hydrogens is 760 g/mol. The average Bonchev–Trinajstić information content (AvgIpc) is 3.61. The molecule has 6 heteroatoms. The molecule has 0 amide bonds. The molecule has 4 aromatic carbocycles. The van der Waals surface area contributed by atoms with Gasteiger partial charge in [0, 0.05) is 6.20 Å². The first-order valence-electron chi connectivity index (χ1n) is 16.1. The first kappa shape index (κ1) is 28.2. The molecule has 0 N–H and O–H groups in total. The summed E-state index contributed by atoms with van der Waals surface area (Å²) in [7, 11) is 0. The monoisotopic (exact) mass is 791 g/mol. The second kappa shape index (κ2) is 11.4. The van der Waals surface area contributed by atoms with Crippen molar-refractivity contribution in [3.63, 3.8) is 0 Å². The number of aryl methyl sites for hydroxylation is 5. The fourth-order valence-corrected chi connectivity index (χ4v) is 8.06. The van der Waals surface area contributed by atoms with Gasteiger partial charge < -0.3 is 0 Å². The Kier molecular flexibility index (Phi) is 6.83. The molecule has 4 bridgehead atoms. The van der Waals surface area contributed by atoms with Crippen molar-refractivity contribution in [1.29, 1.82) is 0 Å². The maximum absolute atomic E-state index is 6.59. The molecule has 2 aliphatic carbocycles. The normalized spacial score (nSPS) is 13.0. The van der Waals surface area contributed by atoms with Crippen molar-refractivity contribution in [2.45, 2.75) is 32.6 Å². The van der Waals surface area contributed by atoms with Crippen LogP contribution < -0.4 is 4.74 Å². The van der Waals surface area contributed by atoms with E-state index in [-0.39, 0.29) is 0 Å². The van der Waals surface area contributed by atoms with E-state index in [0.29, 0.717) is 0 Å². The zero-order valence-corrected chi connectivity index (χ0v) is 28.2. The van der Waals surface area contributed by atoms with E-state index in [4.69, 9.17) is 9.72 Å². The Bertz CT molecular complexity index is 2540. The van der Waals surface area contributed by atoms with E-state index >= 15 is 0 Å². The molecule has 0 fully saturated rings. The summed E-state index contributed by atoms with van der Waals surface area (Å²) in [6.45, 7) is 2.10. The second-order valence-electron chi connectivity index (χ2n) is 12.4. The molecule has 47 heavy (non-hydrogen) atoms. The summed E-state index contributed by atoms with van der Waals surface area (Å²) in [5, 5.41) is 2.37. The average molecular weight is 792 g/mol. The molecule has 0 unspecified atom stereocenters. The number of hydrogen-bond acceptors (Lipinski definition) is 2. The van der Waals surface area contributed by atoms with Gasteiger partial charge in [0.25, 0.3) is 0 Å². The van der Waals surface area contributed by atoms with Crippen LogP contribution in [0.1, 0.15) is 27.9 Å². The number of imidazole rings is 1. The molecule has 8 aromatic rings. The van der Waals surface area contributed by atoms with E-state index in [9.17, 15) is 0 Å². The molecule has 232 valence electrons. The van der Waals surface area contributed by atoms with E-state index in [1.165, 1.54) is 44.2 Å². The number of rotatable bonds is 4. The summed E-state index contributed by atoms with van der Waals surface area (Å²) in [6.07, 6.45) is 8.22. The van der Waals surface area contributed by atoms with Gasteiger partial charge in [0.05, 0.1) is 0 Å². The number of fused-ring (bicyclic) bond motifs is 3. The van der Waals surface area contributed by atoms with E-state index < -0.39 is 0 Å². The van der Waals surface area contributed by atoms with Crippen LogP contribution >= 0.6 is 0 Å². The van der Waals surface area contributed by atoms with Crippen LogP contribution in [0.2, 0.25) is 0 Å². The Balaban J connectivity index is 1.11. The van der Waals surface area contributed by atoms with Crippen LogP contribution in [0.15, 0.2) is 128 Å². The zero-order valence-electron chi connectivity index (χ0n) is 26.0. The minimum atomic E-state index is 0.787. The van der Waals surface area contributed by atoms with Gasteiger partial charge >= 0.3 is 248 Å². The van der Waals surface area contributed by atoms with Crippen LogP contribution in [-0.4, -0.2) is 18.5 Å². The van der Waals surface area contributed by atoms with Crippen molar-refractivity contribution in [3.05, 3.63) is 159 Å². The second-order valence-corrected chi connectivity index (χ2v) is 13.5. The zero-order chi connectivity index (χ0) is 31.5. The third-order valence-corrected chi connectivity index (χ3v) is 10.5. The van der Waals surface area contributed by atoms with E-state index in [1.807, 2.05) is 18.3 Å². The number of ether oxygens (including phenoxy) is 1. The van der Waals surface area contributed by atoms with Crippen molar-refractivity contribution in [3.8, 4) is 23.0 Å². The summed E-state index contributed by atoms with van der Waals surface area (Å²) in [5.74, 6) is 2.49. The van der Waals surface area contributed by atoms with Gasteiger partial charge in [0.1, 0.15) is 0 Å². The van der Waals surface area contributed by atoms with E-state index in [1.54, 1.807) is 0 Å². The van der Waals surface area contributed by atoms with Gasteiger partial charge in [-0.2, -0.15) is 0 Å². The topological polar surface area (TPSA) is 36.4 Å². The number of nitrogens with zero attached hydrogens (tertiary/aromatic N) is 4. The fraction of sp³-hybridized carbons (Fsp3) is 0.122. The third kappa shape index (κ3) is 4.97. The summed E-state index contributed by atoms with van der Waals surface area (Å²) in [5.41, 5.74) is 11.2. The molecule has 12 rings (SSSR count). The SMILES string of the molecule is Cc1ccnc(-n2c3ccccc3c3ccc(Oc4cccc(-n5cc6c7ccc(n6[c]5=[Pt])CCc5ccc(cc5)CC7)c4)cc32)c1. The number of pyridine rings is 2. The van der Waals surface area contributed by atoms with Crippen molar-refractivity contribution >= 4 is 27.3 Å². The predicted molar refractivity (Wildman–Crippen MR) is 185 cm³/mol. The molecule has 2 aliphatic heterocycles. The van der Waals surface area contributed by atoms with Crippen LogP contribution in [0.25, 0.3) is 38.8 Å². The van der Waals surface area contributed by atoms with Crippen LogP contribution in [0, 0.1) is 10.7 Å². The molecule has 0 atom stereocenters. The molecular formula is C41H32N4OPt. The standard InChI is InChI=1S/C41H32N4O.Pt/c1-28-21-22-42-41(23-28)45-38-8-3-2-7-36(38)37-20-19-35(25-39(37)45)46-34-6-4-5-33(24-34)43-26-40-31-15-13-29-9-11-30(12-10-29)14-17-32(18-16-31)44(40)27-43;/h2-12,16,18-26H,13-15,17H2,1H3;. The Morgan fingerprint density at radius 2 is 1.45 bits per heavy atom. The molecule has 4 aromatic heterocycles. The number of hydrogen-bond donors (Lipinski definition) is 0. The van der Waals surface area contributed by atoms with E-state index in [0.717, 1.165) is 63.5 Å². The summed E-state index contributed by atoms with van der Waals surface area (Å²) < 4.78 is 14.7. The third-order valence-electron chi connectivity index (χ3n) is 9.42. The Morgan fingerprint density at radius 3 is 2.30 bits per heavy atom.